The molecular formula is C17H27N3O2. The normalized spacial score (nSPS) is 15.1. The van der Waals surface area contributed by atoms with Crippen LogP contribution in [0.25, 0.3) is 0 Å². The van der Waals surface area contributed by atoms with Gasteiger partial charge in [0.2, 0.25) is 0 Å². The van der Waals surface area contributed by atoms with Crippen LogP contribution in [0.1, 0.15) is 20.3 Å². The summed E-state index contributed by atoms with van der Waals surface area (Å²) in [7, 11) is 1.67. The molecule has 0 aliphatic carbocycles. The second-order valence-corrected chi connectivity index (χ2v) is 6.09. The Bertz CT molecular complexity index is 465. The molecule has 0 spiro atoms. The van der Waals surface area contributed by atoms with Crippen LogP contribution in [0.15, 0.2) is 24.3 Å². The summed E-state index contributed by atoms with van der Waals surface area (Å²) in [5, 5.41) is 3.01. The van der Waals surface area contributed by atoms with Crippen LogP contribution in [-0.2, 0) is 0 Å². The number of methoxy groups -OCH3 is 1. The van der Waals surface area contributed by atoms with Crippen molar-refractivity contribution < 1.29 is 9.53 Å². The summed E-state index contributed by atoms with van der Waals surface area (Å²) < 4.78 is 5.18. The van der Waals surface area contributed by atoms with Crippen molar-refractivity contribution >= 4 is 11.7 Å². The largest absolute Gasteiger partial charge is 0.497 e. The second-order valence-electron chi connectivity index (χ2n) is 6.09. The Labute approximate surface area is 133 Å². The van der Waals surface area contributed by atoms with Crippen LogP contribution in [0.5, 0.6) is 5.75 Å². The van der Waals surface area contributed by atoms with E-state index < -0.39 is 0 Å². The van der Waals surface area contributed by atoms with Gasteiger partial charge < -0.3 is 19.9 Å². The molecule has 1 aliphatic heterocycles. The van der Waals surface area contributed by atoms with E-state index in [4.69, 9.17) is 4.74 Å². The minimum Gasteiger partial charge on any atom is -0.497 e. The van der Waals surface area contributed by atoms with Crippen molar-refractivity contribution in [2.45, 2.75) is 20.3 Å². The van der Waals surface area contributed by atoms with E-state index in [1.54, 1.807) is 7.11 Å². The summed E-state index contributed by atoms with van der Waals surface area (Å²) in [4.78, 5) is 16.3. The molecule has 1 aromatic rings. The number of nitrogens with one attached hydrogen (secondary N) is 1. The number of amides is 2. The van der Waals surface area contributed by atoms with Crippen molar-refractivity contribution in [3.63, 3.8) is 0 Å². The average molecular weight is 305 g/mol. The molecule has 0 unspecified atom stereocenters. The third kappa shape index (κ3) is 4.55. The summed E-state index contributed by atoms with van der Waals surface area (Å²) in [5.41, 5.74) is 1.18. The highest BCUT2D eigenvalue weighted by molar-refractivity contribution is 5.74. The van der Waals surface area contributed by atoms with E-state index in [9.17, 15) is 4.79 Å². The van der Waals surface area contributed by atoms with Crippen molar-refractivity contribution in [3.8, 4) is 5.75 Å². The molecule has 1 aromatic carbocycles. The Kier molecular flexibility index (Phi) is 5.92. The maximum absolute atomic E-state index is 12.1. The molecule has 22 heavy (non-hydrogen) atoms. The van der Waals surface area contributed by atoms with Crippen molar-refractivity contribution in [1.29, 1.82) is 0 Å². The van der Waals surface area contributed by atoms with Gasteiger partial charge in [-0.1, -0.05) is 13.8 Å². The minimum absolute atomic E-state index is 0.0648. The Balaban J connectivity index is 1.78. The lowest BCUT2D eigenvalue weighted by Crippen LogP contribution is -2.52. The number of carbonyl (C=O) groups is 1. The third-order valence-electron chi connectivity index (χ3n) is 4.00. The summed E-state index contributed by atoms with van der Waals surface area (Å²) in [6.07, 6.45) is 1.03. The first-order valence-electron chi connectivity index (χ1n) is 8.02. The molecule has 1 fully saturated rings. The molecule has 1 aliphatic rings. The molecule has 0 bridgehead atoms. The SMILES string of the molecule is COc1ccc(N2CCN(C(=O)NCCC(C)C)CC2)cc1. The van der Waals surface area contributed by atoms with Gasteiger partial charge in [0.1, 0.15) is 5.75 Å². The first-order chi connectivity index (χ1) is 10.6. The molecule has 0 aromatic heterocycles. The molecule has 1 heterocycles. The zero-order chi connectivity index (χ0) is 15.9. The van der Waals surface area contributed by atoms with Crippen LogP contribution >= 0.6 is 0 Å². The number of hydrogen-bond acceptors (Lipinski definition) is 3. The van der Waals surface area contributed by atoms with Crippen molar-refractivity contribution in [2.24, 2.45) is 5.92 Å². The van der Waals surface area contributed by atoms with Crippen molar-refractivity contribution in [3.05, 3.63) is 24.3 Å². The number of nitrogens with zero attached hydrogens (tertiary/aromatic N) is 2. The predicted molar refractivity (Wildman–Crippen MR) is 89.6 cm³/mol. The van der Waals surface area contributed by atoms with Crippen LogP contribution in [0.3, 0.4) is 0 Å². The number of ether oxygens (including phenoxy) is 1. The van der Waals surface area contributed by atoms with Crippen LogP contribution in [0, 0.1) is 5.92 Å². The summed E-state index contributed by atoms with van der Waals surface area (Å²) in [6.45, 7) is 8.35. The van der Waals surface area contributed by atoms with E-state index >= 15 is 0 Å². The number of urea groups is 1. The van der Waals surface area contributed by atoms with E-state index in [1.807, 2.05) is 17.0 Å². The first kappa shape index (κ1) is 16.5. The quantitative estimate of drug-likeness (QED) is 0.909. The fourth-order valence-electron chi connectivity index (χ4n) is 2.54. The lowest BCUT2D eigenvalue weighted by molar-refractivity contribution is 0.194. The van der Waals surface area contributed by atoms with E-state index in [0.29, 0.717) is 5.92 Å². The number of anilines is 1. The Hall–Kier alpha value is -1.91. The standard InChI is InChI=1S/C17H27N3O2/c1-14(2)8-9-18-17(21)20-12-10-19(11-13-20)15-4-6-16(22-3)7-5-15/h4-7,14H,8-13H2,1-3H3,(H,18,21). The fraction of sp³-hybridized carbons (Fsp3) is 0.588. The Morgan fingerprint density at radius 2 is 1.82 bits per heavy atom. The van der Waals surface area contributed by atoms with Gasteiger partial charge in [0.25, 0.3) is 0 Å². The molecular weight excluding hydrogens is 278 g/mol. The van der Waals surface area contributed by atoms with Crippen LogP contribution in [-0.4, -0.2) is 50.8 Å². The number of hydrogen-bond donors (Lipinski definition) is 1. The molecule has 2 rings (SSSR count). The maximum Gasteiger partial charge on any atom is 0.317 e. The number of rotatable bonds is 5. The highest BCUT2D eigenvalue weighted by Gasteiger charge is 2.20. The molecule has 0 radical (unpaired) electrons. The van der Waals surface area contributed by atoms with Gasteiger partial charge >= 0.3 is 6.03 Å². The lowest BCUT2D eigenvalue weighted by Gasteiger charge is -2.36. The van der Waals surface area contributed by atoms with Gasteiger partial charge in [0.05, 0.1) is 7.11 Å². The van der Waals surface area contributed by atoms with Crippen LogP contribution < -0.4 is 15.0 Å². The maximum atomic E-state index is 12.1. The van der Waals surface area contributed by atoms with Gasteiger partial charge in [-0.05, 0) is 36.6 Å². The van der Waals surface area contributed by atoms with E-state index in [2.05, 4.69) is 36.2 Å². The highest BCUT2D eigenvalue weighted by atomic mass is 16.5. The summed E-state index contributed by atoms with van der Waals surface area (Å²) >= 11 is 0. The zero-order valence-electron chi connectivity index (χ0n) is 13.8. The van der Waals surface area contributed by atoms with E-state index in [0.717, 1.165) is 44.9 Å². The average Bonchev–Trinajstić information content (AvgIpc) is 2.54. The van der Waals surface area contributed by atoms with Gasteiger partial charge in [0, 0.05) is 38.4 Å². The molecule has 122 valence electrons. The van der Waals surface area contributed by atoms with E-state index in [-0.39, 0.29) is 6.03 Å². The van der Waals surface area contributed by atoms with Gasteiger partial charge in [0.15, 0.2) is 0 Å². The minimum atomic E-state index is 0.0648. The molecule has 0 saturated carbocycles. The number of piperazine rings is 1. The molecule has 0 atom stereocenters. The predicted octanol–water partition coefficient (Wildman–Crippen LogP) is 2.57. The zero-order valence-corrected chi connectivity index (χ0v) is 13.8. The summed E-state index contributed by atoms with van der Waals surface area (Å²) in [6, 6.07) is 8.14. The first-order valence-corrected chi connectivity index (χ1v) is 8.02. The van der Waals surface area contributed by atoms with Crippen molar-refractivity contribution in [2.75, 3.05) is 44.7 Å². The number of benzene rings is 1. The van der Waals surface area contributed by atoms with Crippen LogP contribution in [0.4, 0.5) is 10.5 Å². The molecule has 5 nitrogen and oxygen atoms in total. The fourth-order valence-corrected chi connectivity index (χ4v) is 2.54. The van der Waals surface area contributed by atoms with E-state index in [1.165, 1.54) is 5.69 Å². The molecule has 1 N–H and O–H groups in total. The van der Waals surface area contributed by atoms with Crippen molar-refractivity contribution in [1.82, 2.24) is 10.2 Å². The van der Waals surface area contributed by atoms with Gasteiger partial charge in [-0.15, -0.1) is 0 Å². The molecule has 5 heteroatoms. The van der Waals surface area contributed by atoms with Gasteiger partial charge in [-0.3, -0.25) is 0 Å². The number of carbonyl (C=O) groups excluding carboxylic acids is 1. The van der Waals surface area contributed by atoms with Crippen LogP contribution in [0.2, 0.25) is 0 Å². The van der Waals surface area contributed by atoms with Gasteiger partial charge in [-0.2, -0.15) is 0 Å². The second kappa shape index (κ2) is 7.92. The lowest BCUT2D eigenvalue weighted by atomic mass is 10.1. The monoisotopic (exact) mass is 305 g/mol. The molecule has 1 saturated heterocycles. The Morgan fingerprint density at radius 3 is 2.36 bits per heavy atom. The van der Waals surface area contributed by atoms with Gasteiger partial charge in [-0.25, -0.2) is 4.79 Å². The smallest absolute Gasteiger partial charge is 0.317 e. The Morgan fingerprint density at radius 1 is 1.18 bits per heavy atom. The third-order valence-corrected chi connectivity index (χ3v) is 4.00. The molecule has 2 amide bonds. The summed E-state index contributed by atoms with van der Waals surface area (Å²) in [5.74, 6) is 1.49. The highest BCUT2D eigenvalue weighted by Crippen LogP contribution is 2.20. The topological polar surface area (TPSA) is 44.8 Å².